The maximum atomic E-state index is 12.2. The largest absolute Gasteiger partial charge is 0.331 e. The summed E-state index contributed by atoms with van der Waals surface area (Å²) in [5.41, 5.74) is 0.456. The summed E-state index contributed by atoms with van der Waals surface area (Å²) in [5, 5.41) is 0. The van der Waals surface area contributed by atoms with Crippen molar-refractivity contribution in [2.45, 2.75) is 26.4 Å². The summed E-state index contributed by atoms with van der Waals surface area (Å²) in [6.45, 7) is 2.95. The van der Waals surface area contributed by atoms with E-state index in [1.54, 1.807) is 10.8 Å². The Hall–Kier alpha value is -1.37. The summed E-state index contributed by atoms with van der Waals surface area (Å²) >= 11 is 2.22. The van der Waals surface area contributed by atoms with Gasteiger partial charge in [0.2, 0.25) is 0 Å². The molecule has 0 aliphatic rings. The third-order valence-corrected chi connectivity index (χ3v) is 3.58. The van der Waals surface area contributed by atoms with Crippen LogP contribution in [0.3, 0.4) is 0 Å². The quantitative estimate of drug-likeness (QED) is 0.774. The Labute approximate surface area is 124 Å². The molecule has 5 heteroatoms. The van der Waals surface area contributed by atoms with Gasteiger partial charge >= 0.3 is 5.69 Å². The number of aromatic nitrogens is 2. The van der Waals surface area contributed by atoms with Crippen molar-refractivity contribution in [3.05, 3.63) is 66.5 Å². The maximum Gasteiger partial charge on any atom is 0.331 e. The highest BCUT2D eigenvalue weighted by Crippen LogP contribution is 2.06. The fourth-order valence-corrected chi connectivity index (χ4v) is 2.25. The number of hydrogen-bond acceptors (Lipinski definition) is 2. The summed E-state index contributed by atoms with van der Waals surface area (Å²) in [6.07, 6.45) is 2.43. The number of aryl methyl sites for hydroxylation is 1. The summed E-state index contributed by atoms with van der Waals surface area (Å²) in [7, 11) is 0. The minimum absolute atomic E-state index is 0.243. The summed E-state index contributed by atoms with van der Waals surface area (Å²) in [4.78, 5) is 24.0. The van der Waals surface area contributed by atoms with Crippen molar-refractivity contribution in [1.29, 1.82) is 0 Å². The standard InChI is InChI=1S/C14H15IN2O2/c1-2-8-16-9-7-13(18)17(14(16)19)10-11-3-5-12(15)6-4-11/h3-7,9H,2,8,10H2,1H3. The number of halogens is 1. The molecule has 0 N–H and O–H groups in total. The van der Waals surface area contributed by atoms with Gasteiger partial charge in [0.25, 0.3) is 5.56 Å². The average molecular weight is 370 g/mol. The van der Waals surface area contributed by atoms with Gasteiger partial charge in [-0.3, -0.25) is 9.36 Å². The molecule has 0 aliphatic heterocycles. The molecule has 19 heavy (non-hydrogen) atoms. The van der Waals surface area contributed by atoms with Gasteiger partial charge in [-0.05, 0) is 46.7 Å². The first kappa shape index (κ1) is 14.0. The van der Waals surface area contributed by atoms with Crippen LogP contribution in [0.5, 0.6) is 0 Å². The van der Waals surface area contributed by atoms with E-state index in [1.165, 1.54) is 10.6 Å². The van der Waals surface area contributed by atoms with Crippen LogP contribution < -0.4 is 11.2 Å². The lowest BCUT2D eigenvalue weighted by atomic mass is 10.2. The van der Waals surface area contributed by atoms with Gasteiger partial charge in [0.15, 0.2) is 0 Å². The smallest absolute Gasteiger partial charge is 0.300 e. The third-order valence-electron chi connectivity index (χ3n) is 2.86. The Bertz CT molecular complexity index is 671. The maximum absolute atomic E-state index is 12.2. The van der Waals surface area contributed by atoms with Crippen molar-refractivity contribution >= 4 is 22.6 Å². The van der Waals surface area contributed by atoms with Crippen molar-refractivity contribution in [2.75, 3.05) is 0 Å². The number of hydrogen-bond donors (Lipinski definition) is 0. The lowest BCUT2D eigenvalue weighted by Crippen LogP contribution is -2.39. The van der Waals surface area contributed by atoms with Gasteiger partial charge in [-0.1, -0.05) is 19.1 Å². The Morgan fingerprint density at radius 2 is 1.79 bits per heavy atom. The predicted molar refractivity (Wildman–Crippen MR) is 83.5 cm³/mol. The molecular weight excluding hydrogens is 355 g/mol. The molecule has 1 aromatic heterocycles. The molecule has 1 aromatic carbocycles. The molecule has 0 bridgehead atoms. The normalized spacial score (nSPS) is 10.6. The zero-order chi connectivity index (χ0) is 13.8. The fraction of sp³-hybridized carbons (Fsp3) is 0.286. The predicted octanol–water partition coefficient (Wildman–Crippen LogP) is 2.07. The Morgan fingerprint density at radius 1 is 1.11 bits per heavy atom. The average Bonchev–Trinajstić information content (AvgIpc) is 2.40. The first-order chi connectivity index (χ1) is 9.11. The molecule has 0 atom stereocenters. The molecule has 2 rings (SSSR count). The highest BCUT2D eigenvalue weighted by atomic mass is 127. The molecule has 0 spiro atoms. The van der Waals surface area contributed by atoms with E-state index in [0.29, 0.717) is 13.1 Å². The molecule has 1 heterocycles. The lowest BCUT2D eigenvalue weighted by molar-refractivity contribution is 0.570. The van der Waals surface area contributed by atoms with Crippen LogP contribution in [0.1, 0.15) is 18.9 Å². The van der Waals surface area contributed by atoms with Crippen molar-refractivity contribution in [1.82, 2.24) is 9.13 Å². The Morgan fingerprint density at radius 3 is 2.42 bits per heavy atom. The Balaban J connectivity index is 2.39. The highest BCUT2D eigenvalue weighted by molar-refractivity contribution is 14.1. The fourth-order valence-electron chi connectivity index (χ4n) is 1.89. The first-order valence-corrected chi connectivity index (χ1v) is 7.24. The molecule has 0 saturated carbocycles. The van der Waals surface area contributed by atoms with E-state index in [1.807, 2.05) is 31.2 Å². The van der Waals surface area contributed by atoms with E-state index in [4.69, 9.17) is 0 Å². The van der Waals surface area contributed by atoms with Gasteiger partial charge in [-0.15, -0.1) is 0 Å². The molecule has 0 radical (unpaired) electrons. The van der Waals surface area contributed by atoms with Gasteiger partial charge in [0.05, 0.1) is 6.54 Å². The number of benzene rings is 1. The first-order valence-electron chi connectivity index (χ1n) is 6.16. The van der Waals surface area contributed by atoms with E-state index < -0.39 is 0 Å². The molecule has 0 aliphatic carbocycles. The van der Waals surface area contributed by atoms with Crippen molar-refractivity contribution in [3.8, 4) is 0 Å². The van der Waals surface area contributed by atoms with E-state index in [9.17, 15) is 9.59 Å². The Kier molecular flexibility index (Phi) is 4.57. The second-order valence-corrected chi connectivity index (χ2v) is 5.59. The SMILES string of the molecule is CCCn1ccc(=O)n(Cc2ccc(I)cc2)c1=O. The topological polar surface area (TPSA) is 44.0 Å². The van der Waals surface area contributed by atoms with Gasteiger partial charge in [-0.2, -0.15) is 0 Å². The van der Waals surface area contributed by atoms with Crippen molar-refractivity contribution < 1.29 is 0 Å². The summed E-state index contributed by atoms with van der Waals surface area (Å²) in [5.74, 6) is 0. The van der Waals surface area contributed by atoms with Gasteiger partial charge in [0.1, 0.15) is 0 Å². The van der Waals surface area contributed by atoms with Crippen LogP contribution in [0.4, 0.5) is 0 Å². The minimum Gasteiger partial charge on any atom is -0.300 e. The van der Waals surface area contributed by atoms with E-state index >= 15 is 0 Å². The second-order valence-electron chi connectivity index (χ2n) is 4.34. The molecule has 100 valence electrons. The third kappa shape index (κ3) is 3.34. The van der Waals surface area contributed by atoms with Crippen LogP contribution in [0.25, 0.3) is 0 Å². The van der Waals surface area contributed by atoms with Crippen LogP contribution in [-0.2, 0) is 13.1 Å². The van der Waals surface area contributed by atoms with Crippen LogP contribution >= 0.6 is 22.6 Å². The van der Waals surface area contributed by atoms with Crippen LogP contribution in [-0.4, -0.2) is 9.13 Å². The van der Waals surface area contributed by atoms with E-state index in [0.717, 1.165) is 15.6 Å². The zero-order valence-corrected chi connectivity index (χ0v) is 12.8. The number of rotatable bonds is 4. The summed E-state index contributed by atoms with van der Waals surface area (Å²) < 4.78 is 3.98. The molecule has 4 nitrogen and oxygen atoms in total. The number of nitrogens with zero attached hydrogens (tertiary/aromatic N) is 2. The summed E-state index contributed by atoms with van der Waals surface area (Å²) in [6, 6.07) is 9.25. The van der Waals surface area contributed by atoms with Crippen LogP contribution in [0, 0.1) is 3.57 Å². The van der Waals surface area contributed by atoms with Crippen LogP contribution in [0.15, 0.2) is 46.1 Å². The van der Waals surface area contributed by atoms with Gasteiger partial charge < -0.3 is 4.57 Å². The van der Waals surface area contributed by atoms with Crippen LogP contribution in [0.2, 0.25) is 0 Å². The zero-order valence-electron chi connectivity index (χ0n) is 10.7. The molecule has 0 saturated heterocycles. The molecular formula is C14H15IN2O2. The molecule has 2 aromatic rings. The van der Waals surface area contributed by atoms with Crippen molar-refractivity contribution in [2.24, 2.45) is 0 Å². The molecule has 0 amide bonds. The molecule has 0 fully saturated rings. The minimum atomic E-state index is -0.254. The molecule has 0 unspecified atom stereocenters. The lowest BCUT2D eigenvalue weighted by Gasteiger charge is -2.09. The highest BCUT2D eigenvalue weighted by Gasteiger charge is 2.05. The second kappa shape index (κ2) is 6.18. The van der Waals surface area contributed by atoms with E-state index in [-0.39, 0.29) is 11.2 Å². The van der Waals surface area contributed by atoms with E-state index in [2.05, 4.69) is 22.6 Å². The van der Waals surface area contributed by atoms with Gasteiger partial charge in [0, 0.05) is 22.4 Å². The monoisotopic (exact) mass is 370 g/mol. The van der Waals surface area contributed by atoms with Gasteiger partial charge in [-0.25, -0.2) is 4.79 Å². The van der Waals surface area contributed by atoms with Crippen molar-refractivity contribution in [3.63, 3.8) is 0 Å².